The van der Waals surface area contributed by atoms with E-state index in [1.807, 2.05) is 23.1 Å². The predicted molar refractivity (Wildman–Crippen MR) is 114 cm³/mol. The van der Waals surface area contributed by atoms with Crippen LogP contribution in [0, 0.1) is 11.3 Å². The van der Waals surface area contributed by atoms with Crippen LogP contribution in [-0.4, -0.2) is 65.2 Å². The highest BCUT2D eigenvalue weighted by Gasteiger charge is 2.29. The minimum Gasteiger partial charge on any atom is -0.369 e. The molecule has 0 radical (unpaired) electrons. The summed E-state index contributed by atoms with van der Waals surface area (Å²) < 4.78 is 13.8. The monoisotopic (exact) mass is 427 g/mol. The molecule has 1 N–H and O–H groups in total. The molecule has 9 heteroatoms. The van der Waals surface area contributed by atoms with Crippen molar-refractivity contribution in [2.24, 2.45) is 0 Å². The number of hydrogen-bond acceptors (Lipinski definition) is 6. The number of nitrogens with one attached hydrogen (secondary N) is 1. The second-order valence-electron chi connectivity index (χ2n) is 7.44. The van der Waals surface area contributed by atoms with Gasteiger partial charge in [0.25, 0.3) is 5.91 Å². The van der Waals surface area contributed by atoms with Crippen LogP contribution in [0.4, 0.5) is 10.1 Å². The molecule has 1 aromatic carbocycles. The Bertz CT molecular complexity index is 1010. The van der Waals surface area contributed by atoms with Crippen molar-refractivity contribution < 1.29 is 14.0 Å². The molecule has 2 fully saturated rings. The summed E-state index contributed by atoms with van der Waals surface area (Å²) in [5, 5.41) is 12.5. The van der Waals surface area contributed by atoms with Crippen molar-refractivity contribution in [3.63, 3.8) is 0 Å². The smallest absolute Gasteiger partial charge is 0.252 e. The molecule has 0 bridgehead atoms. The SMILES string of the molecule is N#C[C@@H]1CSCN1C(=O)CNC(=O)c1ccnc2ccc(N3CCC[C@@H](F)C3)cc12. The number of piperidine rings is 1. The maximum absolute atomic E-state index is 13.8. The molecule has 3 heterocycles. The van der Waals surface area contributed by atoms with E-state index in [1.165, 1.54) is 16.7 Å². The molecule has 2 aromatic rings. The summed E-state index contributed by atoms with van der Waals surface area (Å²) in [6.45, 7) is 0.947. The van der Waals surface area contributed by atoms with E-state index >= 15 is 0 Å². The number of pyridine rings is 1. The van der Waals surface area contributed by atoms with E-state index in [2.05, 4.69) is 16.4 Å². The lowest BCUT2D eigenvalue weighted by Crippen LogP contribution is -2.42. The number of alkyl halides is 1. The number of rotatable bonds is 4. The molecule has 2 aliphatic rings. The minimum atomic E-state index is -0.849. The van der Waals surface area contributed by atoms with E-state index in [1.54, 1.807) is 12.3 Å². The summed E-state index contributed by atoms with van der Waals surface area (Å²) in [6, 6.07) is 8.86. The van der Waals surface area contributed by atoms with E-state index in [0.717, 1.165) is 18.7 Å². The number of anilines is 1. The molecule has 2 aliphatic heterocycles. The number of amides is 2. The molecule has 7 nitrogen and oxygen atoms in total. The minimum absolute atomic E-state index is 0.170. The Labute approximate surface area is 178 Å². The number of halogens is 1. The number of nitrogens with zero attached hydrogens (tertiary/aromatic N) is 4. The number of aromatic nitrogens is 1. The lowest BCUT2D eigenvalue weighted by Gasteiger charge is -2.31. The zero-order valence-corrected chi connectivity index (χ0v) is 17.2. The first-order valence-corrected chi connectivity index (χ1v) is 11.0. The van der Waals surface area contributed by atoms with Gasteiger partial charge in [-0.1, -0.05) is 0 Å². The average Bonchev–Trinajstić information content (AvgIpc) is 3.25. The van der Waals surface area contributed by atoms with E-state index in [4.69, 9.17) is 5.26 Å². The van der Waals surface area contributed by atoms with Crippen molar-refractivity contribution in [1.29, 1.82) is 5.26 Å². The van der Waals surface area contributed by atoms with Gasteiger partial charge in [-0.2, -0.15) is 5.26 Å². The van der Waals surface area contributed by atoms with Crippen molar-refractivity contribution in [3.8, 4) is 6.07 Å². The van der Waals surface area contributed by atoms with Crippen LogP contribution in [0.2, 0.25) is 0 Å². The molecule has 0 aliphatic carbocycles. The van der Waals surface area contributed by atoms with E-state index in [0.29, 0.717) is 41.1 Å². The average molecular weight is 428 g/mol. The summed E-state index contributed by atoms with van der Waals surface area (Å²) in [5.41, 5.74) is 1.93. The van der Waals surface area contributed by atoms with Crippen LogP contribution < -0.4 is 10.2 Å². The first-order chi connectivity index (χ1) is 14.6. The summed E-state index contributed by atoms with van der Waals surface area (Å²) in [6.07, 6.45) is 2.08. The Balaban J connectivity index is 1.51. The Morgan fingerprint density at radius 3 is 3.03 bits per heavy atom. The third kappa shape index (κ3) is 4.19. The second-order valence-corrected chi connectivity index (χ2v) is 8.44. The second kappa shape index (κ2) is 8.88. The number of carbonyl (C=O) groups excluding carboxylic acids is 2. The Morgan fingerprint density at radius 1 is 1.37 bits per heavy atom. The maximum atomic E-state index is 13.8. The van der Waals surface area contributed by atoms with Crippen molar-refractivity contribution in [1.82, 2.24) is 15.2 Å². The lowest BCUT2D eigenvalue weighted by molar-refractivity contribution is -0.129. The number of nitriles is 1. The molecule has 156 valence electrons. The van der Waals surface area contributed by atoms with Gasteiger partial charge in [-0.25, -0.2) is 4.39 Å². The van der Waals surface area contributed by atoms with E-state index < -0.39 is 12.2 Å². The highest BCUT2D eigenvalue weighted by molar-refractivity contribution is 7.99. The number of carbonyl (C=O) groups is 2. The Hall–Kier alpha value is -2.86. The van der Waals surface area contributed by atoms with Crippen molar-refractivity contribution in [2.75, 3.05) is 36.2 Å². The lowest BCUT2D eigenvalue weighted by atomic mass is 10.0. The van der Waals surface area contributed by atoms with Gasteiger partial charge in [0.05, 0.1) is 29.6 Å². The van der Waals surface area contributed by atoms with Gasteiger partial charge in [0.15, 0.2) is 0 Å². The van der Waals surface area contributed by atoms with Gasteiger partial charge in [-0.3, -0.25) is 14.6 Å². The number of hydrogen-bond donors (Lipinski definition) is 1. The number of fused-ring (bicyclic) bond motifs is 1. The molecule has 2 atom stereocenters. The Kier molecular flexibility index (Phi) is 6.04. The standard InChI is InChI=1S/C21H22FN5O2S/c22-14-2-1-7-26(11-14)15-3-4-19-18(8-15)17(5-6-24-19)21(29)25-10-20(28)27-13-30-12-16(27)9-23/h3-6,8,14,16H,1-2,7,10-13H2,(H,25,29)/t14-,16-/m1/s1. The summed E-state index contributed by atoms with van der Waals surface area (Å²) in [5.74, 6) is 0.390. The highest BCUT2D eigenvalue weighted by atomic mass is 32.2. The van der Waals surface area contributed by atoms with Crippen molar-refractivity contribution in [2.45, 2.75) is 25.1 Å². The van der Waals surface area contributed by atoms with Gasteiger partial charge < -0.3 is 15.1 Å². The fraction of sp³-hybridized carbons (Fsp3) is 0.429. The van der Waals surface area contributed by atoms with Crippen molar-refractivity contribution >= 4 is 40.2 Å². The van der Waals surface area contributed by atoms with Crippen LogP contribution in [0.1, 0.15) is 23.2 Å². The zero-order valence-electron chi connectivity index (χ0n) is 16.4. The molecule has 2 amide bonds. The maximum Gasteiger partial charge on any atom is 0.252 e. The van der Waals surface area contributed by atoms with Gasteiger partial charge in [-0.05, 0) is 37.1 Å². The molecule has 30 heavy (non-hydrogen) atoms. The van der Waals surface area contributed by atoms with Crippen LogP contribution in [-0.2, 0) is 4.79 Å². The highest BCUT2D eigenvalue weighted by Crippen LogP contribution is 2.27. The number of benzene rings is 1. The molecule has 0 saturated carbocycles. The largest absolute Gasteiger partial charge is 0.369 e. The van der Waals surface area contributed by atoms with Gasteiger partial charge in [0.2, 0.25) is 5.91 Å². The fourth-order valence-electron chi connectivity index (χ4n) is 3.84. The summed E-state index contributed by atoms with van der Waals surface area (Å²) in [7, 11) is 0. The van der Waals surface area contributed by atoms with Gasteiger partial charge in [0, 0.05) is 36.1 Å². The third-order valence-electron chi connectivity index (χ3n) is 5.45. The fourth-order valence-corrected chi connectivity index (χ4v) is 4.94. The van der Waals surface area contributed by atoms with E-state index in [9.17, 15) is 14.0 Å². The van der Waals surface area contributed by atoms with Crippen molar-refractivity contribution in [3.05, 3.63) is 36.0 Å². The number of thioether (sulfide) groups is 1. The third-order valence-corrected chi connectivity index (χ3v) is 6.46. The van der Waals surface area contributed by atoms with Crippen LogP contribution in [0.5, 0.6) is 0 Å². The topological polar surface area (TPSA) is 89.3 Å². The Morgan fingerprint density at radius 2 is 2.23 bits per heavy atom. The van der Waals surface area contributed by atoms with Crippen LogP contribution in [0.15, 0.2) is 30.5 Å². The molecule has 2 saturated heterocycles. The molecular formula is C21H22FN5O2S. The molecule has 1 aromatic heterocycles. The van der Waals surface area contributed by atoms with Gasteiger partial charge in [0.1, 0.15) is 12.2 Å². The first kappa shape index (κ1) is 20.4. The normalized spacial score (nSPS) is 21.5. The predicted octanol–water partition coefficient (Wildman–Crippen LogP) is 2.33. The molecule has 4 rings (SSSR count). The quantitative estimate of drug-likeness (QED) is 0.806. The zero-order chi connectivity index (χ0) is 21.1. The van der Waals surface area contributed by atoms with Crippen LogP contribution in [0.3, 0.4) is 0 Å². The molecule has 0 spiro atoms. The van der Waals surface area contributed by atoms with Gasteiger partial charge >= 0.3 is 0 Å². The summed E-state index contributed by atoms with van der Waals surface area (Å²) >= 11 is 1.52. The van der Waals surface area contributed by atoms with Crippen LogP contribution in [0.25, 0.3) is 10.9 Å². The molecular weight excluding hydrogens is 405 g/mol. The van der Waals surface area contributed by atoms with E-state index in [-0.39, 0.29) is 18.4 Å². The van der Waals surface area contributed by atoms with Gasteiger partial charge in [-0.15, -0.1) is 11.8 Å². The molecule has 0 unspecified atom stereocenters. The van der Waals surface area contributed by atoms with Crippen LogP contribution >= 0.6 is 11.8 Å². The summed E-state index contributed by atoms with van der Waals surface area (Å²) in [4.78, 5) is 33.0. The first-order valence-electron chi connectivity index (χ1n) is 9.89.